The van der Waals surface area contributed by atoms with Crippen molar-refractivity contribution in [2.24, 2.45) is 0 Å². The van der Waals surface area contributed by atoms with Crippen molar-refractivity contribution in [1.82, 2.24) is 4.98 Å². The molecule has 1 aromatic heterocycles. The van der Waals surface area contributed by atoms with Crippen molar-refractivity contribution in [2.45, 2.75) is 6.92 Å². The number of rotatable bonds is 3. The van der Waals surface area contributed by atoms with Crippen LogP contribution in [0.1, 0.15) is 5.56 Å². The Morgan fingerprint density at radius 3 is 2.72 bits per heavy atom. The maximum atomic E-state index is 5.87. The number of aryl methyl sites for hydroxylation is 1. The van der Waals surface area contributed by atoms with Crippen LogP contribution in [0.25, 0.3) is 0 Å². The van der Waals surface area contributed by atoms with Crippen LogP contribution in [0.15, 0.2) is 34.8 Å². The Hall–Kier alpha value is -1.75. The van der Waals surface area contributed by atoms with E-state index in [0.29, 0.717) is 17.4 Å². The molecule has 1 heterocycles. The number of hydrogen-bond donors (Lipinski definition) is 2. The van der Waals surface area contributed by atoms with Gasteiger partial charge in [-0.15, -0.1) is 0 Å². The number of nitrogens with two attached hydrogens (primary N) is 1. The Labute approximate surface area is 114 Å². The second-order valence-corrected chi connectivity index (χ2v) is 4.73. The first-order valence-corrected chi connectivity index (χ1v) is 6.23. The lowest BCUT2D eigenvalue weighted by molar-refractivity contribution is 0.398. The number of nitrogen functional groups attached to an aromatic ring is 1. The summed E-state index contributed by atoms with van der Waals surface area (Å²) in [6.45, 7) is 2.03. The highest BCUT2D eigenvalue weighted by molar-refractivity contribution is 9.10. The number of methoxy groups -OCH3 is 1. The highest BCUT2D eigenvalue weighted by atomic mass is 79.9. The Morgan fingerprint density at radius 1 is 1.28 bits per heavy atom. The predicted octanol–water partition coefficient (Wildman–Crippen LogP) is 3.49. The molecule has 5 heteroatoms. The van der Waals surface area contributed by atoms with Crippen LogP contribution < -0.4 is 15.8 Å². The minimum absolute atomic E-state index is 0.528. The molecule has 2 rings (SSSR count). The first-order chi connectivity index (χ1) is 8.60. The fourth-order valence-electron chi connectivity index (χ4n) is 1.52. The Bertz CT molecular complexity index is 572. The molecule has 0 spiro atoms. The highest BCUT2D eigenvalue weighted by Crippen LogP contribution is 2.26. The van der Waals surface area contributed by atoms with Crippen molar-refractivity contribution in [1.29, 1.82) is 0 Å². The van der Waals surface area contributed by atoms with E-state index >= 15 is 0 Å². The molecule has 18 heavy (non-hydrogen) atoms. The van der Waals surface area contributed by atoms with Crippen molar-refractivity contribution in [3.8, 4) is 5.88 Å². The van der Waals surface area contributed by atoms with E-state index in [4.69, 9.17) is 10.5 Å². The third-order valence-corrected chi connectivity index (χ3v) is 3.42. The highest BCUT2D eigenvalue weighted by Gasteiger charge is 2.04. The quantitative estimate of drug-likeness (QED) is 0.911. The fraction of sp³-hybridized carbons (Fsp3) is 0.154. The minimum Gasteiger partial charge on any atom is -0.481 e. The number of benzene rings is 1. The molecule has 0 aliphatic carbocycles. The molecule has 2 aromatic rings. The SMILES string of the molecule is COc1ccc(N)c(Nc2ccc(Br)c(C)c2)n1. The summed E-state index contributed by atoms with van der Waals surface area (Å²) < 4.78 is 6.15. The smallest absolute Gasteiger partial charge is 0.215 e. The van der Waals surface area contributed by atoms with Crippen molar-refractivity contribution in [3.05, 3.63) is 40.4 Å². The van der Waals surface area contributed by atoms with E-state index < -0.39 is 0 Å². The monoisotopic (exact) mass is 307 g/mol. The van der Waals surface area contributed by atoms with Crippen LogP contribution in [-0.2, 0) is 0 Å². The summed E-state index contributed by atoms with van der Waals surface area (Å²) >= 11 is 3.46. The normalized spacial score (nSPS) is 10.2. The summed E-state index contributed by atoms with van der Waals surface area (Å²) in [5, 5.41) is 3.18. The largest absolute Gasteiger partial charge is 0.481 e. The maximum absolute atomic E-state index is 5.87. The Balaban J connectivity index is 2.30. The van der Waals surface area contributed by atoms with E-state index in [1.54, 1.807) is 19.2 Å². The van der Waals surface area contributed by atoms with Crippen LogP contribution in [0.4, 0.5) is 17.2 Å². The van der Waals surface area contributed by atoms with Gasteiger partial charge in [0.05, 0.1) is 12.8 Å². The third kappa shape index (κ3) is 2.73. The van der Waals surface area contributed by atoms with Gasteiger partial charge in [-0.1, -0.05) is 15.9 Å². The molecule has 0 bridgehead atoms. The molecule has 4 nitrogen and oxygen atoms in total. The molecule has 0 fully saturated rings. The van der Waals surface area contributed by atoms with E-state index in [2.05, 4.69) is 26.2 Å². The molecule has 0 saturated carbocycles. The number of hydrogen-bond acceptors (Lipinski definition) is 4. The first kappa shape index (κ1) is 12.7. The van der Waals surface area contributed by atoms with Crippen LogP contribution in [0.2, 0.25) is 0 Å². The van der Waals surface area contributed by atoms with Gasteiger partial charge in [0.1, 0.15) is 0 Å². The van der Waals surface area contributed by atoms with Crippen LogP contribution in [-0.4, -0.2) is 12.1 Å². The van der Waals surface area contributed by atoms with E-state index in [0.717, 1.165) is 15.7 Å². The van der Waals surface area contributed by atoms with Gasteiger partial charge in [0, 0.05) is 16.2 Å². The van der Waals surface area contributed by atoms with Gasteiger partial charge in [0.25, 0.3) is 0 Å². The van der Waals surface area contributed by atoms with Gasteiger partial charge in [0.2, 0.25) is 5.88 Å². The molecule has 94 valence electrons. The topological polar surface area (TPSA) is 60.2 Å². The second-order valence-electron chi connectivity index (χ2n) is 3.88. The first-order valence-electron chi connectivity index (χ1n) is 5.44. The van der Waals surface area contributed by atoms with Gasteiger partial charge in [0.15, 0.2) is 5.82 Å². The average molecular weight is 308 g/mol. The number of aromatic nitrogens is 1. The fourth-order valence-corrected chi connectivity index (χ4v) is 1.77. The molecular formula is C13H14BrN3O. The van der Waals surface area contributed by atoms with Gasteiger partial charge >= 0.3 is 0 Å². The second kappa shape index (κ2) is 5.27. The van der Waals surface area contributed by atoms with Crippen LogP contribution in [0.5, 0.6) is 5.88 Å². The third-order valence-electron chi connectivity index (χ3n) is 2.53. The number of halogens is 1. The van der Waals surface area contributed by atoms with Crippen molar-refractivity contribution >= 4 is 33.1 Å². The van der Waals surface area contributed by atoms with E-state index in [1.165, 1.54) is 0 Å². The van der Waals surface area contributed by atoms with Crippen LogP contribution in [0, 0.1) is 6.92 Å². The van der Waals surface area contributed by atoms with Gasteiger partial charge in [-0.05, 0) is 36.8 Å². The summed E-state index contributed by atoms with van der Waals surface area (Å²) in [5.74, 6) is 1.12. The summed E-state index contributed by atoms with van der Waals surface area (Å²) in [6.07, 6.45) is 0. The summed E-state index contributed by atoms with van der Waals surface area (Å²) in [4.78, 5) is 4.27. The molecule has 0 radical (unpaired) electrons. The zero-order valence-corrected chi connectivity index (χ0v) is 11.8. The molecule has 0 aliphatic heterocycles. The summed E-state index contributed by atoms with van der Waals surface area (Å²) in [6, 6.07) is 9.45. The van der Waals surface area contributed by atoms with E-state index in [-0.39, 0.29) is 0 Å². The number of ether oxygens (including phenoxy) is 1. The van der Waals surface area contributed by atoms with Gasteiger partial charge < -0.3 is 15.8 Å². The van der Waals surface area contributed by atoms with Crippen LogP contribution >= 0.6 is 15.9 Å². The molecule has 0 atom stereocenters. The zero-order valence-electron chi connectivity index (χ0n) is 10.2. The van der Waals surface area contributed by atoms with Crippen molar-refractivity contribution < 1.29 is 4.74 Å². The van der Waals surface area contributed by atoms with Gasteiger partial charge in [-0.3, -0.25) is 0 Å². The molecule has 0 amide bonds. The summed E-state index contributed by atoms with van der Waals surface area (Å²) in [5.41, 5.74) is 8.52. The average Bonchev–Trinajstić information content (AvgIpc) is 2.36. The van der Waals surface area contributed by atoms with E-state index in [9.17, 15) is 0 Å². The summed E-state index contributed by atoms with van der Waals surface area (Å²) in [7, 11) is 1.58. The lowest BCUT2D eigenvalue weighted by Crippen LogP contribution is -2.00. The molecule has 0 saturated heterocycles. The number of nitrogens with one attached hydrogen (secondary N) is 1. The molecule has 0 unspecified atom stereocenters. The number of nitrogens with zero attached hydrogens (tertiary/aromatic N) is 1. The molecule has 0 aliphatic rings. The minimum atomic E-state index is 0.528. The van der Waals surface area contributed by atoms with E-state index in [1.807, 2.05) is 25.1 Å². The Kier molecular flexibility index (Phi) is 3.72. The lowest BCUT2D eigenvalue weighted by atomic mass is 10.2. The zero-order chi connectivity index (χ0) is 13.1. The van der Waals surface area contributed by atoms with Crippen molar-refractivity contribution in [3.63, 3.8) is 0 Å². The van der Waals surface area contributed by atoms with Crippen molar-refractivity contribution in [2.75, 3.05) is 18.2 Å². The molecule has 3 N–H and O–H groups in total. The van der Waals surface area contributed by atoms with Gasteiger partial charge in [-0.2, -0.15) is 4.98 Å². The lowest BCUT2D eigenvalue weighted by Gasteiger charge is -2.10. The maximum Gasteiger partial charge on any atom is 0.215 e. The standard InChI is InChI=1S/C13H14BrN3O/c1-8-7-9(3-4-10(8)14)16-13-11(15)5-6-12(17-13)18-2/h3-7H,15H2,1-2H3,(H,16,17). The van der Waals surface area contributed by atoms with Crippen LogP contribution in [0.3, 0.4) is 0 Å². The number of pyridine rings is 1. The number of anilines is 3. The molecular weight excluding hydrogens is 294 g/mol. The molecule has 1 aromatic carbocycles. The van der Waals surface area contributed by atoms with Gasteiger partial charge in [-0.25, -0.2) is 0 Å². The Morgan fingerprint density at radius 2 is 2.06 bits per heavy atom. The predicted molar refractivity (Wildman–Crippen MR) is 77.4 cm³/mol.